The van der Waals surface area contributed by atoms with Gasteiger partial charge in [0, 0.05) is 0 Å². The zero-order chi connectivity index (χ0) is 10.8. The predicted octanol–water partition coefficient (Wildman–Crippen LogP) is 3.37. The number of rotatable bonds is 2. The Kier molecular flexibility index (Phi) is 3.33. The summed E-state index contributed by atoms with van der Waals surface area (Å²) in [7, 11) is 0. The van der Waals surface area contributed by atoms with Gasteiger partial charge < -0.3 is 5.11 Å². The number of aliphatic hydroxyl groups is 1. The van der Waals surface area contributed by atoms with E-state index < -0.39 is 29.7 Å². The lowest BCUT2D eigenvalue weighted by atomic mass is 10.3. The molecule has 0 fully saturated rings. The Balaban J connectivity index is 5.23. The zero-order valence-corrected chi connectivity index (χ0v) is 5.59. The van der Waals surface area contributed by atoms with Crippen LogP contribution in [0.15, 0.2) is 23.7 Å². The maximum absolute atomic E-state index is 12.0. The average molecular weight is 210 g/mol. The molecule has 1 nitrogen and oxygen atoms in total. The molecule has 0 heterocycles. The Morgan fingerprint density at radius 1 is 0.846 bits per heavy atom. The maximum atomic E-state index is 12.0. The molecule has 0 radical (unpaired) electrons. The molecule has 76 valence electrons. The van der Waals surface area contributed by atoms with Gasteiger partial charge in [0.15, 0.2) is 0 Å². The fraction of sp³-hybridized carbons (Fsp3) is 0.200. The average Bonchev–Trinajstić information content (AvgIpc) is 2.01. The van der Waals surface area contributed by atoms with Crippen LogP contribution in [0, 0.1) is 0 Å². The summed E-state index contributed by atoms with van der Waals surface area (Å²) >= 11 is 0. The van der Waals surface area contributed by atoms with Crippen molar-refractivity contribution in [3.63, 3.8) is 0 Å². The number of alkyl halides is 2. The van der Waals surface area contributed by atoms with Crippen LogP contribution in [0.4, 0.5) is 30.7 Å². The first-order valence-corrected chi connectivity index (χ1v) is 2.55. The van der Waals surface area contributed by atoms with E-state index in [-0.39, 0.29) is 0 Å². The van der Waals surface area contributed by atoms with E-state index in [0.717, 1.165) is 0 Å². The number of hydrogen-bond acceptors (Lipinski definition) is 1. The normalized spacial score (nSPS) is 13.8. The first-order valence-electron chi connectivity index (χ1n) is 2.55. The highest BCUT2D eigenvalue weighted by atomic mass is 19.3. The molecule has 0 bridgehead atoms. The van der Waals surface area contributed by atoms with E-state index in [1.54, 1.807) is 0 Å². The van der Waals surface area contributed by atoms with E-state index in [1.165, 1.54) is 0 Å². The van der Waals surface area contributed by atoms with Crippen molar-refractivity contribution in [3.05, 3.63) is 23.7 Å². The molecule has 1 N–H and O–H groups in total. The van der Waals surface area contributed by atoms with Crippen LogP contribution in [0.5, 0.6) is 0 Å². The molecule has 0 aromatic carbocycles. The molecule has 0 aliphatic heterocycles. The van der Waals surface area contributed by atoms with Gasteiger partial charge in [0.25, 0.3) is 0 Å². The van der Waals surface area contributed by atoms with Gasteiger partial charge in [0.05, 0.1) is 0 Å². The maximum Gasteiger partial charge on any atom is 0.361 e. The summed E-state index contributed by atoms with van der Waals surface area (Å²) in [5, 5.41) is 7.51. The zero-order valence-electron chi connectivity index (χ0n) is 5.59. The van der Waals surface area contributed by atoms with Gasteiger partial charge in [-0.15, -0.1) is 0 Å². The van der Waals surface area contributed by atoms with Crippen molar-refractivity contribution < 1.29 is 35.8 Å². The lowest BCUT2D eigenvalue weighted by Crippen LogP contribution is -2.19. The molecular formula is C5HF7O. The number of halogens is 7. The van der Waals surface area contributed by atoms with E-state index in [2.05, 4.69) is 0 Å². The van der Waals surface area contributed by atoms with Crippen molar-refractivity contribution in [1.82, 2.24) is 0 Å². The first kappa shape index (κ1) is 11.8. The van der Waals surface area contributed by atoms with Gasteiger partial charge >= 0.3 is 18.0 Å². The molecule has 13 heavy (non-hydrogen) atoms. The van der Waals surface area contributed by atoms with E-state index in [4.69, 9.17) is 5.11 Å². The smallest absolute Gasteiger partial charge is 0.361 e. The Morgan fingerprint density at radius 2 is 1.23 bits per heavy atom. The van der Waals surface area contributed by atoms with Crippen LogP contribution in [0.3, 0.4) is 0 Å². The van der Waals surface area contributed by atoms with Gasteiger partial charge in [-0.1, -0.05) is 0 Å². The molecule has 0 rings (SSSR count). The number of allylic oxidation sites excluding steroid dienone is 2. The van der Waals surface area contributed by atoms with Gasteiger partial charge in [-0.2, -0.15) is 30.7 Å². The molecule has 0 atom stereocenters. The molecule has 0 aromatic rings. The van der Waals surface area contributed by atoms with Gasteiger partial charge in [-0.25, -0.2) is 0 Å². The largest absolute Gasteiger partial charge is 0.484 e. The molecule has 0 aromatic heterocycles. The summed E-state index contributed by atoms with van der Waals surface area (Å²) in [6, 6.07) is -3.05. The van der Waals surface area contributed by atoms with Crippen molar-refractivity contribution in [2.75, 3.05) is 0 Å². The van der Waals surface area contributed by atoms with Crippen LogP contribution in [0.1, 0.15) is 0 Å². The Labute approximate surface area is 66.8 Å². The SMILES string of the molecule is OC(F)=C(F)C(F)(F)C(F)=C(F)F. The van der Waals surface area contributed by atoms with Gasteiger partial charge in [-0.3, -0.25) is 0 Å². The quantitative estimate of drug-likeness (QED) is 0.547. The minimum atomic E-state index is -5.49. The highest BCUT2D eigenvalue weighted by molar-refractivity contribution is 5.20. The van der Waals surface area contributed by atoms with Crippen LogP contribution in [0.25, 0.3) is 0 Å². The van der Waals surface area contributed by atoms with Gasteiger partial charge in [-0.05, 0) is 0 Å². The highest BCUT2D eigenvalue weighted by Gasteiger charge is 2.47. The summed E-state index contributed by atoms with van der Waals surface area (Å²) in [5.41, 5.74) is 0. The number of hydrogen-bond donors (Lipinski definition) is 1. The molecule has 0 aliphatic carbocycles. The fourth-order valence-corrected chi connectivity index (χ4v) is 0.345. The lowest BCUT2D eigenvalue weighted by molar-refractivity contribution is 0.0153. The first-order chi connectivity index (χ1) is 5.71. The van der Waals surface area contributed by atoms with Crippen molar-refractivity contribution in [2.45, 2.75) is 5.92 Å². The van der Waals surface area contributed by atoms with E-state index >= 15 is 0 Å². The standard InChI is InChI=1S/C5HF7O/c6-1(3(8)9)5(11,12)2(7)4(10)13/h13H. The van der Waals surface area contributed by atoms with Crippen LogP contribution in [-0.4, -0.2) is 11.0 Å². The molecule has 0 amide bonds. The van der Waals surface area contributed by atoms with Crippen molar-refractivity contribution in [3.8, 4) is 0 Å². The van der Waals surface area contributed by atoms with Crippen molar-refractivity contribution >= 4 is 0 Å². The predicted molar refractivity (Wildman–Crippen MR) is 27.2 cm³/mol. The summed E-state index contributed by atoms with van der Waals surface area (Å²) in [6.45, 7) is 0. The second-order valence-corrected chi connectivity index (χ2v) is 1.75. The van der Waals surface area contributed by atoms with Gasteiger partial charge in [0.1, 0.15) is 0 Å². The second kappa shape index (κ2) is 3.67. The molecule has 0 aliphatic rings. The van der Waals surface area contributed by atoms with Crippen LogP contribution in [-0.2, 0) is 0 Å². The molecular weight excluding hydrogens is 209 g/mol. The summed E-state index contributed by atoms with van der Waals surface area (Å²) in [4.78, 5) is 0. The Morgan fingerprint density at radius 3 is 1.46 bits per heavy atom. The summed E-state index contributed by atoms with van der Waals surface area (Å²) in [5.74, 6) is -12.2. The highest BCUT2D eigenvalue weighted by Crippen LogP contribution is 2.37. The van der Waals surface area contributed by atoms with Crippen LogP contribution < -0.4 is 0 Å². The van der Waals surface area contributed by atoms with Crippen LogP contribution >= 0.6 is 0 Å². The van der Waals surface area contributed by atoms with E-state index in [0.29, 0.717) is 0 Å². The Bertz CT molecular complexity index is 232. The fourth-order valence-electron chi connectivity index (χ4n) is 0.345. The van der Waals surface area contributed by atoms with Crippen LogP contribution in [0.2, 0.25) is 0 Å². The van der Waals surface area contributed by atoms with Crippen molar-refractivity contribution in [2.24, 2.45) is 0 Å². The minimum Gasteiger partial charge on any atom is -0.484 e. The molecule has 0 spiro atoms. The van der Waals surface area contributed by atoms with Gasteiger partial charge in [0.2, 0.25) is 11.7 Å². The van der Waals surface area contributed by atoms with E-state index in [9.17, 15) is 30.7 Å². The Hall–Kier alpha value is -1.21. The molecule has 0 saturated heterocycles. The van der Waals surface area contributed by atoms with Crippen molar-refractivity contribution in [1.29, 1.82) is 0 Å². The third kappa shape index (κ3) is 2.36. The third-order valence-corrected chi connectivity index (χ3v) is 0.898. The molecule has 8 heteroatoms. The minimum absolute atomic E-state index is 3.05. The molecule has 0 unspecified atom stereocenters. The van der Waals surface area contributed by atoms with E-state index in [1.807, 2.05) is 0 Å². The number of aliphatic hydroxyl groups excluding tert-OH is 1. The second-order valence-electron chi connectivity index (χ2n) is 1.75. The lowest BCUT2D eigenvalue weighted by Gasteiger charge is -2.09. The monoisotopic (exact) mass is 210 g/mol. The summed E-state index contributed by atoms with van der Waals surface area (Å²) in [6.07, 6.45) is -3.50. The summed E-state index contributed by atoms with van der Waals surface area (Å²) < 4.78 is 81.2. The third-order valence-electron chi connectivity index (χ3n) is 0.898. The topological polar surface area (TPSA) is 20.2 Å². The molecule has 0 saturated carbocycles.